The van der Waals surface area contributed by atoms with Crippen molar-refractivity contribution in [2.75, 3.05) is 0 Å². The van der Waals surface area contributed by atoms with Gasteiger partial charge in [0.15, 0.2) is 0 Å². The second-order valence-electron chi connectivity index (χ2n) is 3.04. The van der Waals surface area contributed by atoms with Gasteiger partial charge in [-0.1, -0.05) is 0 Å². The molecule has 0 spiro atoms. The van der Waals surface area contributed by atoms with E-state index in [4.69, 9.17) is 0 Å². The Morgan fingerprint density at radius 2 is 2.40 bits per heavy atom. The summed E-state index contributed by atoms with van der Waals surface area (Å²) in [6.45, 7) is 2.15. The lowest BCUT2D eigenvalue weighted by Gasteiger charge is -2.14. The number of nitrogens with one attached hydrogen (secondary N) is 1. The molecule has 0 saturated heterocycles. The molecular formula is C8H12N2. The molecule has 1 fully saturated rings. The number of aliphatic imine (C=N–C) groups is 1. The Labute approximate surface area is 61.0 Å². The summed E-state index contributed by atoms with van der Waals surface area (Å²) in [6, 6.07) is 0.425. The molecular weight excluding hydrogens is 124 g/mol. The van der Waals surface area contributed by atoms with E-state index in [-0.39, 0.29) is 0 Å². The minimum Gasteiger partial charge on any atom is -0.353 e. The zero-order valence-electron chi connectivity index (χ0n) is 6.17. The fourth-order valence-electron chi connectivity index (χ4n) is 1.37. The van der Waals surface area contributed by atoms with E-state index >= 15 is 0 Å². The summed E-state index contributed by atoms with van der Waals surface area (Å²) in [5, 5.41) is 3.03. The second kappa shape index (κ2) is 2.11. The van der Waals surface area contributed by atoms with Crippen LogP contribution in [-0.4, -0.2) is 12.4 Å². The zero-order valence-corrected chi connectivity index (χ0v) is 6.17. The van der Waals surface area contributed by atoms with Gasteiger partial charge in [0.25, 0.3) is 0 Å². The number of hydrogen-bond acceptors (Lipinski definition) is 2. The molecule has 10 heavy (non-hydrogen) atoms. The van der Waals surface area contributed by atoms with Gasteiger partial charge in [0.05, 0.1) is 12.4 Å². The van der Waals surface area contributed by atoms with E-state index in [1.165, 1.54) is 18.4 Å². The first-order valence-corrected chi connectivity index (χ1v) is 3.85. The zero-order chi connectivity index (χ0) is 6.97. The highest BCUT2D eigenvalue weighted by Crippen LogP contribution is 2.38. The van der Waals surface area contributed by atoms with Gasteiger partial charge >= 0.3 is 0 Å². The molecule has 1 unspecified atom stereocenters. The van der Waals surface area contributed by atoms with E-state index < -0.39 is 0 Å². The third-order valence-corrected chi connectivity index (χ3v) is 2.15. The molecule has 0 bridgehead atoms. The van der Waals surface area contributed by atoms with Crippen molar-refractivity contribution in [1.82, 2.24) is 5.32 Å². The Morgan fingerprint density at radius 3 is 3.00 bits per heavy atom. The third-order valence-electron chi connectivity index (χ3n) is 2.15. The highest BCUT2D eigenvalue weighted by Gasteiger charge is 2.29. The van der Waals surface area contributed by atoms with Crippen molar-refractivity contribution >= 4 is 6.34 Å². The fraction of sp³-hybridized carbons (Fsp3) is 0.625. The smallest absolute Gasteiger partial charge is 0.0870 e. The van der Waals surface area contributed by atoms with Gasteiger partial charge < -0.3 is 5.32 Å². The maximum absolute atomic E-state index is 4.27. The largest absolute Gasteiger partial charge is 0.353 e. The van der Waals surface area contributed by atoms with Crippen molar-refractivity contribution in [1.29, 1.82) is 0 Å². The topological polar surface area (TPSA) is 24.4 Å². The molecule has 2 aliphatic rings. The van der Waals surface area contributed by atoms with E-state index in [1.807, 2.05) is 0 Å². The van der Waals surface area contributed by atoms with E-state index in [9.17, 15) is 0 Å². The molecule has 1 atom stereocenters. The van der Waals surface area contributed by atoms with Gasteiger partial charge in [-0.3, -0.25) is 4.99 Å². The van der Waals surface area contributed by atoms with Crippen LogP contribution in [0.15, 0.2) is 16.8 Å². The van der Waals surface area contributed by atoms with Gasteiger partial charge in [-0.25, -0.2) is 0 Å². The van der Waals surface area contributed by atoms with Crippen molar-refractivity contribution in [2.45, 2.75) is 25.8 Å². The van der Waals surface area contributed by atoms with Crippen molar-refractivity contribution < 1.29 is 0 Å². The van der Waals surface area contributed by atoms with Gasteiger partial charge in [-0.2, -0.15) is 0 Å². The average Bonchev–Trinajstić information content (AvgIpc) is 2.71. The molecule has 1 aliphatic carbocycles. The Kier molecular flexibility index (Phi) is 1.26. The highest BCUT2D eigenvalue weighted by atomic mass is 15.0. The number of hydrogen-bond donors (Lipinski definition) is 1. The molecule has 1 aliphatic heterocycles. The molecule has 1 saturated carbocycles. The monoisotopic (exact) mass is 136 g/mol. The van der Waals surface area contributed by atoms with Crippen LogP contribution in [0.2, 0.25) is 0 Å². The summed E-state index contributed by atoms with van der Waals surface area (Å²) in [5.41, 5.74) is 1.49. The molecule has 0 radical (unpaired) electrons. The quantitative estimate of drug-likeness (QED) is 0.577. The molecule has 0 aromatic heterocycles. The summed E-state index contributed by atoms with van der Waals surface area (Å²) in [4.78, 5) is 4.27. The van der Waals surface area contributed by atoms with Crippen molar-refractivity contribution in [3.05, 3.63) is 11.8 Å². The van der Waals surface area contributed by atoms with E-state index in [1.54, 1.807) is 6.34 Å². The van der Waals surface area contributed by atoms with Crippen LogP contribution < -0.4 is 5.32 Å². The Balaban J connectivity index is 2.10. The van der Waals surface area contributed by atoms with Gasteiger partial charge in [-0.15, -0.1) is 0 Å². The first-order valence-electron chi connectivity index (χ1n) is 3.85. The summed E-state index contributed by atoms with van der Waals surface area (Å²) in [5.74, 6) is 0.847. The maximum Gasteiger partial charge on any atom is 0.0870 e. The summed E-state index contributed by atoms with van der Waals surface area (Å²) >= 11 is 0. The Bertz CT molecular complexity index is 189. The highest BCUT2D eigenvalue weighted by molar-refractivity contribution is 5.59. The average molecular weight is 136 g/mol. The van der Waals surface area contributed by atoms with Crippen LogP contribution in [0.1, 0.15) is 19.8 Å². The summed E-state index contributed by atoms with van der Waals surface area (Å²) in [6.07, 6.45) is 6.62. The number of nitrogens with zero attached hydrogens (tertiary/aromatic N) is 1. The minimum absolute atomic E-state index is 0.425. The predicted molar refractivity (Wildman–Crippen MR) is 41.9 cm³/mol. The normalized spacial score (nSPS) is 31.3. The first kappa shape index (κ1) is 5.96. The van der Waals surface area contributed by atoms with Crippen molar-refractivity contribution in [3.8, 4) is 0 Å². The van der Waals surface area contributed by atoms with E-state index in [0.29, 0.717) is 6.04 Å². The molecule has 2 nitrogen and oxygen atoms in total. The lowest BCUT2D eigenvalue weighted by molar-refractivity contribution is 0.758. The molecule has 0 amide bonds. The lowest BCUT2D eigenvalue weighted by Crippen LogP contribution is -2.17. The van der Waals surface area contributed by atoms with Crippen molar-refractivity contribution in [3.63, 3.8) is 0 Å². The Hall–Kier alpha value is -0.790. The third kappa shape index (κ3) is 0.939. The van der Waals surface area contributed by atoms with Crippen molar-refractivity contribution in [2.24, 2.45) is 10.9 Å². The van der Waals surface area contributed by atoms with Gasteiger partial charge in [0, 0.05) is 6.20 Å². The molecule has 0 aromatic carbocycles. The van der Waals surface area contributed by atoms with E-state index in [2.05, 4.69) is 23.4 Å². The van der Waals surface area contributed by atoms with Crippen LogP contribution in [-0.2, 0) is 0 Å². The van der Waals surface area contributed by atoms with Crippen LogP contribution in [0.25, 0.3) is 0 Å². The SMILES string of the molecule is CC1N=CNC=C1C1CC1. The maximum atomic E-state index is 4.27. The van der Waals surface area contributed by atoms with Crippen LogP contribution in [0.4, 0.5) is 0 Å². The molecule has 2 heteroatoms. The first-order chi connectivity index (χ1) is 4.88. The van der Waals surface area contributed by atoms with Crippen LogP contribution in [0, 0.1) is 5.92 Å². The summed E-state index contributed by atoms with van der Waals surface area (Å²) < 4.78 is 0. The van der Waals surface area contributed by atoms with Crippen LogP contribution in [0.5, 0.6) is 0 Å². The molecule has 1 heterocycles. The van der Waals surface area contributed by atoms with Crippen LogP contribution in [0.3, 0.4) is 0 Å². The lowest BCUT2D eigenvalue weighted by atomic mass is 10.1. The van der Waals surface area contributed by atoms with Gasteiger partial charge in [0.1, 0.15) is 0 Å². The summed E-state index contributed by atoms with van der Waals surface area (Å²) in [7, 11) is 0. The molecule has 0 aromatic rings. The Morgan fingerprint density at radius 1 is 1.60 bits per heavy atom. The standard InChI is InChI=1S/C8H12N2/c1-6-8(7-2-3-7)4-9-5-10-6/h4-7H,2-3H2,1H3,(H,9,10). The second-order valence-corrected chi connectivity index (χ2v) is 3.04. The van der Waals surface area contributed by atoms with Gasteiger partial charge in [0.2, 0.25) is 0 Å². The minimum atomic E-state index is 0.425. The predicted octanol–water partition coefficient (Wildman–Crippen LogP) is 1.30. The molecule has 1 N–H and O–H groups in total. The fourth-order valence-corrected chi connectivity index (χ4v) is 1.37. The molecule has 2 rings (SSSR count). The van der Waals surface area contributed by atoms with E-state index in [0.717, 1.165) is 5.92 Å². The molecule has 54 valence electrons. The van der Waals surface area contributed by atoms with Crippen LogP contribution >= 0.6 is 0 Å². The van der Waals surface area contributed by atoms with Gasteiger partial charge in [-0.05, 0) is 31.3 Å². The number of rotatable bonds is 1.